The molecule has 4 rings (SSSR count). The van der Waals surface area contributed by atoms with E-state index in [0.29, 0.717) is 28.3 Å². The molecule has 7 heteroatoms. The number of nitrogens with zero attached hydrogens (tertiary/aromatic N) is 1. The zero-order chi connectivity index (χ0) is 22.7. The van der Waals surface area contributed by atoms with Crippen molar-refractivity contribution in [2.75, 3.05) is 10.7 Å². The standard InChI is InChI=1S/C25H22F2N2O2S/c26-18-9-6-17(7-10-18)14-29-22-12-19(23(30)11-8-16-4-2-1-3-5-16)20(27)13-24(22)32-15-21(28)25(29)31/h1-7,9-10,12-13,21H,8,11,14-15,28H2/t21-/m0/s1. The number of fused-ring (bicyclic) bond motifs is 1. The van der Waals surface area contributed by atoms with Crippen molar-refractivity contribution in [1.29, 1.82) is 0 Å². The van der Waals surface area contributed by atoms with E-state index in [1.54, 1.807) is 12.1 Å². The van der Waals surface area contributed by atoms with Crippen molar-refractivity contribution in [3.05, 3.63) is 95.1 Å². The van der Waals surface area contributed by atoms with Gasteiger partial charge in [0.25, 0.3) is 0 Å². The van der Waals surface area contributed by atoms with E-state index in [9.17, 15) is 18.4 Å². The van der Waals surface area contributed by atoms with E-state index in [-0.39, 0.29) is 36.0 Å². The van der Waals surface area contributed by atoms with Crippen molar-refractivity contribution in [3.8, 4) is 0 Å². The summed E-state index contributed by atoms with van der Waals surface area (Å²) in [6.07, 6.45) is 0.645. The molecule has 1 aliphatic rings. The summed E-state index contributed by atoms with van der Waals surface area (Å²) in [5.41, 5.74) is 8.13. The van der Waals surface area contributed by atoms with Crippen LogP contribution < -0.4 is 10.6 Å². The second-order valence-corrected chi connectivity index (χ2v) is 8.74. The van der Waals surface area contributed by atoms with Crippen LogP contribution >= 0.6 is 11.8 Å². The van der Waals surface area contributed by atoms with Crippen LogP contribution in [-0.2, 0) is 17.8 Å². The Labute approximate surface area is 189 Å². The predicted molar refractivity (Wildman–Crippen MR) is 122 cm³/mol. The highest BCUT2D eigenvalue weighted by molar-refractivity contribution is 7.99. The Morgan fingerprint density at radius 3 is 2.47 bits per heavy atom. The third kappa shape index (κ3) is 4.89. The zero-order valence-corrected chi connectivity index (χ0v) is 18.1. The quantitative estimate of drug-likeness (QED) is 0.549. The highest BCUT2D eigenvalue weighted by Gasteiger charge is 2.30. The first kappa shape index (κ1) is 22.2. The Kier molecular flexibility index (Phi) is 6.67. The lowest BCUT2D eigenvalue weighted by Gasteiger charge is -2.25. The fourth-order valence-electron chi connectivity index (χ4n) is 3.63. The molecular weight excluding hydrogens is 430 g/mol. The molecule has 3 aromatic rings. The van der Waals surface area contributed by atoms with Crippen LogP contribution in [0.25, 0.3) is 0 Å². The van der Waals surface area contributed by atoms with Gasteiger partial charge in [-0.3, -0.25) is 9.59 Å². The van der Waals surface area contributed by atoms with Gasteiger partial charge in [0.1, 0.15) is 11.6 Å². The van der Waals surface area contributed by atoms with Crippen LogP contribution in [0.4, 0.5) is 14.5 Å². The third-order valence-electron chi connectivity index (χ3n) is 5.38. The monoisotopic (exact) mass is 452 g/mol. The molecule has 3 aromatic carbocycles. The number of nitrogens with two attached hydrogens (primary N) is 1. The van der Waals surface area contributed by atoms with Gasteiger partial charge in [0.05, 0.1) is 23.8 Å². The molecule has 0 saturated heterocycles. The second kappa shape index (κ2) is 9.63. The first-order valence-electron chi connectivity index (χ1n) is 10.3. The van der Waals surface area contributed by atoms with Gasteiger partial charge in [0, 0.05) is 17.1 Å². The van der Waals surface area contributed by atoms with Crippen molar-refractivity contribution in [1.82, 2.24) is 0 Å². The minimum Gasteiger partial charge on any atom is -0.319 e. The van der Waals surface area contributed by atoms with E-state index in [0.717, 1.165) is 5.56 Å². The largest absolute Gasteiger partial charge is 0.319 e. The Morgan fingerprint density at radius 2 is 1.75 bits per heavy atom. The lowest BCUT2D eigenvalue weighted by Crippen LogP contribution is -2.44. The molecule has 1 heterocycles. The Hall–Kier alpha value is -3.03. The summed E-state index contributed by atoms with van der Waals surface area (Å²) in [6, 6.07) is 17.3. The number of halogens is 2. The van der Waals surface area contributed by atoms with Crippen molar-refractivity contribution in [2.45, 2.75) is 30.3 Å². The first-order valence-corrected chi connectivity index (χ1v) is 11.3. The van der Waals surface area contributed by atoms with Crippen LogP contribution in [0.2, 0.25) is 0 Å². The van der Waals surface area contributed by atoms with Crippen molar-refractivity contribution < 1.29 is 18.4 Å². The highest BCUT2D eigenvalue weighted by atomic mass is 32.2. The van der Waals surface area contributed by atoms with Crippen molar-refractivity contribution in [3.63, 3.8) is 0 Å². The van der Waals surface area contributed by atoms with Gasteiger partial charge in [-0.25, -0.2) is 8.78 Å². The first-order chi connectivity index (χ1) is 15.4. The zero-order valence-electron chi connectivity index (χ0n) is 17.3. The molecular formula is C25H22F2N2O2S. The van der Waals surface area contributed by atoms with Gasteiger partial charge in [-0.15, -0.1) is 11.8 Å². The maximum Gasteiger partial charge on any atom is 0.245 e. The molecule has 0 radical (unpaired) electrons. The average Bonchev–Trinajstić information content (AvgIpc) is 2.91. The fourth-order valence-corrected chi connectivity index (χ4v) is 4.63. The molecule has 1 atom stereocenters. The number of thioether (sulfide) groups is 1. The number of carbonyl (C=O) groups is 2. The molecule has 1 aliphatic heterocycles. The van der Waals surface area contributed by atoms with Gasteiger partial charge in [-0.05, 0) is 41.8 Å². The highest BCUT2D eigenvalue weighted by Crippen LogP contribution is 2.37. The summed E-state index contributed by atoms with van der Waals surface area (Å²) in [4.78, 5) is 27.8. The molecule has 4 nitrogen and oxygen atoms in total. The van der Waals surface area contributed by atoms with Crippen molar-refractivity contribution in [2.24, 2.45) is 5.73 Å². The Balaban J connectivity index is 1.65. The topological polar surface area (TPSA) is 63.4 Å². The average molecular weight is 453 g/mol. The molecule has 0 bridgehead atoms. The lowest BCUT2D eigenvalue weighted by molar-refractivity contribution is -0.119. The molecule has 0 aromatic heterocycles. The number of hydrogen-bond acceptors (Lipinski definition) is 4. The molecule has 1 amide bonds. The summed E-state index contributed by atoms with van der Waals surface area (Å²) in [6.45, 7) is 0.143. The minimum atomic E-state index is -0.770. The number of hydrogen-bond donors (Lipinski definition) is 1. The van der Waals surface area contributed by atoms with Gasteiger partial charge in [-0.2, -0.15) is 0 Å². The number of Topliss-reactive ketones (excluding diaryl/α,β-unsaturated/α-hetero) is 1. The van der Waals surface area contributed by atoms with E-state index < -0.39 is 11.9 Å². The SMILES string of the molecule is N[C@H]1CSc2cc(F)c(C(=O)CCc3ccccc3)cc2N(Cc2ccc(F)cc2)C1=O. The number of rotatable bonds is 6. The number of benzene rings is 3. The number of amides is 1. The van der Waals surface area contributed by atoms with Gasteiger partial charge in [-0.1, -0.05) is 42.5 Å². The Bertz CT molecular complexity index is 1140. The van der Waals surface area contributed by atoms with Crippen LogP contribution in [0.1, 0.15) is 27.9 Å². The van der Waals surface area contributed by atoms with Crippen molar-refractivity contribution >= 4 is 29.1 Å². The molecule has 0 unspecified atom stereocenters. The molecule has 32 heavy (non-hydrogen) atoms. The van der Waals surface area contributed by atoms with Crippen LogP contribution in [0, 0.1) is 11.6 Å². The lowest BCUT2D eigenvalue weighted by atomic mass is 10.0. The molecule has 0 spiro atoms. The van der Waals surface area contributed by atoms with Crippen LogP contribution in [0.3, 0.4) is 0 Å². The molecule has 2 N–H and O–H groups in total. The number of carbonyl (C=O) groups excluding carboxylic acids is 2. The third-order valence-corrected chi connectivity index (χ3v) is 6.54. The number of anilines is 1. The molecule has 164 valence electrons. The van der Waals surface area contributed by atoms with Gasteiger partial charge < -0.3 is 10.6 Å². The van der Waals surface area contributed by atoms with E-state index >= 15 is 0 Å². The van der Waals surface area contributed by atoms with Gasteiger partial charge >= 0.3 is 0 Å². The van der Waals surface area contributed by atoms with E-state index in [2.05, 4.69) is 0 Å². The normalized spacial score (nSPS) is 15.9. The van der Waals surface area contributed by atoms with Crippen LogP contribution in [0.15, 0.2) is 71.6 Å². The smallest absolute Gasteiger partial charge is 0.245 e. The second-order valence-electron chi connectivity index (χ2n) is 7.68. The summed E-state index contributed by atoms with van der Waals surface area (Å²) < 4.78 is 28.2. The molecule has 0 aliphatic carbocycles. The summed E-state index contributed by atoms with van der Waals surface area (Å²) in [5.74, 6) is -1.35. The van der Waals surface area contributed by atoms with E-state index in [1.807, 2.05) is 30.3 Å². The van der Waals surface area contributed by atoms with Crippen LogP contribution in [0.5, 0.6) is 0 Å². The Morgan fingerprint density at radius 1 is 1.03 bits per heavy atom. The predicted octanol–water partition coefficient (Wildman–Crippen LogP) is 4.75. The summed E-state index contributed by atoms with van der Waals surface area (Å²) in [7, 11) is 0. The minimum absolute atomic E-state index is 0.0485. The van der Waals surface area contributed by atoms with Crippen LogP contribution in [-0.4, -0.2) is 23.5 Å². The number of aryl methyl sites for hydroxylation is 1. The maximum absolute atomic E-state index is 14.9. The summed E-state index contributed by atoms with van der Waals surface area (Å²) in [5, 5.41) is 0. The van der Waals surface area contributed by atoms with E-state index in [1.165, 1.54) is 40.9 Å². The van der Waals surface area contributed by atoms with Gasteiger partial charge in [0.2, 0.25) is 5.91 Å². The molecule has 0 saturated carbocycles. The molecule has 0 fully saturated rings. The number of ketones is 1. The maximum atomic E-state index is 14.9. The van der Waals surface area contributed by atoms with E-state index in [4.69, 9.17) is 5.73 Å². The fraction of sp³-hybridized carbons (Fsp3) is 0.200. The van der Waals surface area contributed by atoms with Gasteiger partial charge in [0.15, 0.2) is 5.78 Å². The summed E-state index contributed by atoms with van der Waals surface area (Å²) >= 11 is 1.28.